The van der Waals surface area contributed by atoms with Crippen LogP contribution in [0.1, 0.15) is 32.1 Å². The Labute approximate surface area is 101 Å². The van der Waals surface area contributed by atoms with E-state index in [1.165, 1.54) is 32.1 Å². The van der Waals surface area contributed by atoms with Gasteiger partial charge in [0, 0.05) is 12.7 Å². The highest BCUT2D eigenvalue weighted by atomic mass is 15.2. The second kappa shape index (κ2) is 4.35. The van der Waals surface area contributed by atoms with Gasteiger partial charge in [-0.3, -0.25) is 4.98 Å². The minimum atomic E-state index is 0.617. The molecule has 3 rings (SSSR count). The van der Waals surface area contributed by atoms with Crippen LogP contribution in [0.25, 0.3) is 11.0 Å². The number of nitrogens with two attached hydrogens (primary N) is 1. The number of hydrogen-bond donors (Lipinski definition) is 1. The topological polar surface area (TPSA) is 56.7 Å². The minimum absolute atomic E-state index is 0.617. The van der Waals surface area contributed by atoms with Crippen molar-refractivity contribution in [2.24, 2.45) is 5.92 Å². The molecule has 1 aliphatic rings. The molecule has 2 aromatic heterocycles. The summed E-state index contributed by atoms with van der Waals surface area (Å²) < 4.78 is 2.12. The maximum atomic E-state index is 5.96. The molecule has 2 aromatic rings. The van der Waals surface area contributed by atoms with E-state index in [1.54, 1.807) is 12.4 Å². The molecule has 0 atom stereocenters. The smallest absolute Gasteiger partial charge is 0.201 e. The zero-order valence-electron chi connectivity index (χ0n) is 9.97. The van der Waals surface area contributed by atoms with Crippen LogP contribution < -0.4 is 5.73 Å². The molecule has 0 unspecified atom stereocenters. The molecule has 90 valence electrons. The summed E-state index contributed by atoms with van der Waals surface area (Å²) in [6.07, 6.45) is 10.4. The number of pyridine rings is 1. The van der Waals surface area contributed by atoms with Gasteiger partial charge in [-0.05, 0) is 18.4 Å². The van der Waals surface area contributed by atoms with E-state index in [-0.39, 0.29) is 0 Å². The molecule has 4 heteroatoms. The van der Waals surface area contributed by atoms with Crippen molar-refractivity contribution in [3.8, 4) is 0 Å². The van der Waals surface area contributed by atoms with Gasteiger partial charge in [-0.2, -0.15) is 0 Å². The largest absolute Gasteiger partial charge is 0.369 e. The van der Waals surface area contributed by atoms with E-state index in [9.17, 15) is 0 Å². The summed E-state index contributed by atoms with van der Waals surface area (Å²) in [6.45, 7) is 0.983. The Morgan fingerprint density at radius 1 is 1.35 bits per heavy atom. The molecule has 1 aliphatic carbocycles. The predicted molar refractivity (Wildman–Crippen MR) is 68.5 cm³/mol. The average molecular weight is 230 g/mol. The molecule has 17 heavy (non-hydrogen) atoms. The van der Waals surface area contributed by atoms with E-state index in [1.807, 2.05) is 6.07 Å². The van der Waals surface area contributed by atoms with Crippen LogP contribution in [0.3, 0.4) is 0 Å². The van der Waals surface area contributed by atoms with Crippen molar-refractivity contribution in [1.82, 2.24) is 14.5 Å². The van der Waals surface area contributed by atoms with Crippen LogP contribution in [0, 0.1) is 5.92 Å². The number of fused-ring (bicyclic) bond motifs is 1. The van der Waals surface area contributed by atoms with E-state index in [0.717, 1.165) is 23.5 Å². The van der Waals surface area contributed by atoms with Crippen LogP contribution in [0.15, 0.2) is 18.5 Å². The van der Waals surface area contributed by atoms with Crippen LogP contribution in [0.5, 0.6) is 0 Å². The van der Waals surface area contributed by atoms with Crippen molar-refractivity contribution in [3.05, 3.63) is 18.5 Å². The predicted octanol–water partition coefficient (Wildman–Crippen LogP) is 2.59. The number of rotatable bonds is 3. The average Bonchev–Trinajstić information content (AvgIpc) is 2.93. The lowest BCUT2D eigenvalue weighted by molar-refractivity contribution is 0.464. The molecule has 2 N–H and O–H groups in total. The van der Waals surface area contributed by atoms with Crippen molar-refractivity contribution in [3.63, 3.8) is 0 Å². The summed E-state index contributed by atoms with van der Waals surface area (Å²) in [5.74, 6) is 1.50. The highest BCUT2D eigenvalue weighted by Crippen LogP contribution is 2.29. The minimum Gasteiger partial charge on any atom is -0.369 e. The highest BCUT2D eigenvalue weighted by molar-refractivity contribution is 5.76. The Kier molecular flexibility index (Phi) is 2.71. The van der Waals surface area contributed by atoms with E-state index >= 15 is 0 Å². The first kappa shape index (κ1) is 10.6. The van der Waals surface area contributed by atoms with E-state index in [2.05, 4.69) is 14.5 Å². The molecule has 0 saturated heterocycles. The fourth-order valence-corrected chi connectivity index (χ4v) is 2.85. The van der Waals surface area contributed by atoms with Gasteiger partial charge in [0.05, 0.1) is 11.7 Å². The molecule has 2 heterocycles. The zero-order chi connectivity index (χ0) is 11.7. The van der Waals surface area contributed by atoms with Gasteiger partial charge in [-0.1, -0.05) is 25.7 Å². The molecule has 0 aromatic carbocycles. The lowest BCUT2D eigenvalue weighted by Gasteiger charge is -2.10. The Morgan fingerprint density at radius 2 is 2.18 bits per heavy atom. The van der Waals surface area contributed by atoms with Crippen LogP contribution in [-0.2, 0) is 6.54 Å². The summed E-state index contributed by atoms with van der Waals surface area (Å²) in [4.78, 5) is 8.41. The second-order valence-corrected chi connectivity index (χ2v) is 4.93. The summed E-state index contributed by atoms with van der Waals surface area (Å²) in [5, 5.41) is 0. The van der Waals surface area contributed by atoms with Gasteiger partial charge in [0.2, 0.25) is 5.95 Å². The number of aryl methyl sites for hydroxylation is 1. The van der Waals surface area contributed by atoms with Gasteiger partial charge in [-0.25, -0.2) is 4.98 Å². The molecular formula is C13H18N4. The number of anilines is 1. The molecule has 1 fully saturated rings. The Balaban J connectivity index is 1.81. The maximum Gasteiger partial charge on any atom is 0.201 e. The third-order valence-corrected chi connectivity index (χ3v) is 3.82. The molecule has 1 saturated carbocycles. The van der Waals surface area contributed by atoms with Crippen LogP contribution in [0.2, 0.25) is 0 Å². The molecule has 0 radical (unpaired) electrons. The SMILES string of the molecule is Nc1nc2cnccc2n1CCC1CCCC1. The number of nitrogen functional groups attached to an aromatic ring is 1. The van der Waals surface area contributed by atoms with Gasteiger partial charge < -0.3 is 10.3 Å². The Morgan fingerprint density at radius 3 is 3.00 bits per heavy atom. The summed E-state index contributed by atoms with van der Waals surface area (Å²) in [5.41, 5.74) is 7.97. The summed E-state index contributed by atoms with van der Waals surface area (Å²) >= 11 is 0. The van der Waals surface area contributed by atoms with Gasteiger partial charge in [-0.15, -0.1) is 0 Å². The van der Waals surface area contributed by atoms with Gasteiger partial charge in [0.25, 0.3) is 0 Å². The number of aromatic nitrogens is 3. The number of imidazole rings is 1. The Hall–Kier alpha value is -1.58. The van der Waals surface area contributed by atoms with Crippen LogP contribution in [-0.4, -0.2) is 14.5 Å². The molecular weight excluding hydrogens is 212 g/mol. The fraction of sp³-hybridized carbons (Fsp3) is 0.538. The van der Waals surface area contributed by atoms with Gasteiger partial charge in [0.15, 0.2) is 0 Å². The normalized spacial score (nSPS) is 16.9. The Bertz CT molecular complexity index is 511. The first-order valence-electron chi connectivity index (χ1n) is 6.40. The number of hydrogen-bond acceptors (Lipinski definition) is 3. The summed E-state index contributed by atoms with van der Waals surface area (Å²) in [7, 11) is 0. The zero-order valence-corrected chi connectivity index (χ0v) is 9.97. The van der Waals surface area contributed by atoms with E-state index in [0.29, 0.717) is 5.95 Å². The highest BCUT2D eigenvalue weighted by Gasteiger charge is 2.16. The second-order valence-electron chi connectivity index (χ2n) is 4.93. The molecule has 0 amide bonds. The van der Waals surface area contributed by atoms with Gasteiger partial charge in [0.1, 0.15) is 5.52 Å². The standard InChI is InChI=1S/C13H18N4/c14-13-16-11-9-15-7-5-12(11)17(13)8-6-10-3-1-2-4-10/h5,7,9-10H,1-4,6,8H2,(H2,14,16). The quantitative estimate of drug-likeness (QED) is 0.881. The van der Waals surface area contributed by atoms with Crippen molar-refractivity contribution < 1.29 is 0 Å². The van der Waals surface area contributed by atoms with Crippen molar-refractivity contribution in [1.29, 1.82) is 0 Å². The van der Waals surface area contributed by atoms with Crippen molar-refractivity contribution >= 4 is 17.0 Å². The molecule has 0 aliphatic heterocycles. The molecule has 0 spiro atoms. The van der Waals surface area contributed by atoms with E-state index in [4.69, 9.17) is 5.73 Å². The van der Waals surface area contributed by atoms with Crippen LogP contribution >= 0.6 is 0 Å². The maximum absolute atomic E-state index is 5.96. The van der Waals surface area contributed by atoms with E-state index < -0.39 is 0 Å². The molecule has 4 nitrogen and oxygen atoms in total. The first-order valence-corrected chi connectivity index (χ1v) is 6.40. The monoisotopic (exact) mass is 230 g/mol. The third-order valence-electron chi connectivity index (χ3n) is 3.82. The van der Waals surface area contributed by atoms with Crippen molar-refractivity contribution in [2.75, 3.05) is 5.73 Å². The third kappa shape index (κ3) is 1.99. The lowest BCUT2D eigenvalue weighted by atomic mass is 10.0. The summed E-state index contributed by atoms with van der Waals surface area (Å²) in [6, 6.07) is 1.99. The molecule has 0 bridgehead atoms. The lowest BCUT2D eigenvalue weighted by Crippen LogP contribution is -2.06. The fourth-order valence-electron chi connectivity index (χ4n) is 2.85. The van der Waals surface area contributed by atoms with Crippen LogP contribution in [0.4, 0.5) is 5.95 Å². The number of nitrogens with zero attached hydrogens (tertiary/aromatic N) is 3. The first-order chi connectivity index (χ1) is 8.34. The van der Waals surface area contributed by atoms with Gasteiger partial charge >= 0.3 is 0 Å². The van der Waals surface area contributed by atoms with Crippen molar-refractivity contribution in [2.45, 2.75) is 38.6 Å².